The Morgan fingerprint density at radius 2 is 2.16 bits per heavy atom. The SMILES string of the molecule is CCC1CCC(CNC)C(Cc2ccc(Br)cn2)C1. The molecule has 3 atom stereocenters. The Morgan fingerprint density at radius 1 is 1.32 bits per heavy atom. The minimum Gasteiger partial charge on any atom is -0.319 e. The van der Waals surface area contributed by atoms with E-state index in [4.69, 9.17) is 0 Å². The van der Waals surface area contributed by atoms with Gasteiger partial charge in [0.05, 0.1) is 0 Å². The lowest BCUT2D eigenvalue weighted by atomic mass is 9.71. The summed E-state index contributed by atoms with van der Waals surface area (Å²) in [7, 11) is 2.07. The van der Waals surface area contributed by atoms with Gasteiger partial charge in [0.1, 0.15) is 0 Å². The van der Waals surface area contributed by atoms with Crippen LogP contribution in [0.4, 0.5) is 0 Å². The second-order valence-electron chi connectivity index (χ2n) is 5.84. The van der Waals surface area contributed by atoms with Crippen LogP contribution < -0.4 is 5.32 Å². The van der Waals surface area contributed by atoms with Crippen molar-refractivity contribution in [3.63, 3.8) is 0 Å². The molecule has 1 aliphatic rings. The van der Waals surface area contributed by atoms with Crippen molar-refractivity contribution in [3.8, 4) is 0 Å². The molecule has 0 aliphatic heterocycles. The van der Waals surface area contributed by atoms with Crippen molar-refractivity contribution in [2.45, 2.75) is 39.0 Å². The highest BCUT2D eigenvalue weighted by Crippen LogP contribution is 2.36. The zero-order valence-corrected chi connectivity index (χ0v) is 13.6. The quantitative estimate of drug-likeness (QED) is 0.883. The van der Waals surface area contributed by atoms with Gasteiger partial charge in [-0.2, -0.15) is 0 Å². The topological polar surface area (TPSA) is 24.9 Å². The molecular weight excluding hydrogens is 300 g/mol. The van der Waals surface area contributed by atoms with Crippen molar-refractivity contribution >= 4 is 15.9 Å². The molecule has 106 valence electrons. The molecule has 2 nitrogen and oxygen atoms in total. The third-order valence-electron chi connectivity index (χ3n) is 4.55. The maximum Gasteiger partial charge on any atom is 0.0413 e. The molecule has 0 spiro atoms. The van der Waals surface area contributed by atoms with Crippen LogP contribution in [0, 0.1) is 17.8 Å². The fourth-order valence-electron chi connectivity index (χ4n) is 3.37. The molecule has 0 bridgehead atoms. The van der Waals surface area contributed by atoms with Crippen molar-refractivity contribution in [1.82, 2.24) is 10.3 Å². The molecule has 1 aromatic rings. The zero-order valence-electron chi connectivity index (χ0n) is 12.0. The molecule has 0 aromatic carbocycles. The van der Waals surface area contributed by atoms with E-state index in [9.17, 15) is 0 Å². The summed E-state index contributed by atoms with van der Waals surface area (Å²) in [6.45, 7) is 3.48. The standard InChI is InChI=1S/C16H25BrN2/c1-3-12-4-5-13(10-18-2)14(8-12)9-16-7-6-15(17)11-19-16/h6-7,11-14,18H,3-5,8-10H2,1-2H3. The van der Waals surface area contributed by atoms with Crippen LogP contribution in [-0.2, 0) is 6.42 Å². The molecule has 19 heavy (non-hydrogen) atoms. The van der Waals surface area contributed by atoms with E-state index in [-0.39, 0.29) is 0 Å². The first-order chi connectivity index (χ1) is 9.22. The first-order valence-electron chi connectivity index (χ1n) is 7.48. The number of rotatable bonds is 5. The van der Waals surface area contributed by atoms with Crippen LogP contribution in [0.2, 0.25) is 0 Å². The zero-order chi connectivity index (χ0) is 13.7. The van der Waals surface area contributed by atoms with Crippen LogP contribution in [0.25, 0.3) is 0 Å². The van der Waals surface area contributed by atoms with E-state index in [2.05, 4.69) is 52.3 Å². The number of hydrogen-bond acceptors (Lipinski definition) is 2. The predicted octanol–water partition coefficient (Wildman–Crippen LogP) is 4.05. The highest BCUT2D eigenvalue weighted by atomic mass is 79.9. The number of nitrogens with zero attached hydrogens (tertiary/aromatic N) is 1. The molecule has 1 saturated carbocycles. The van der Waals surface area contributed by atoms with Crippen molar-refractivity contribution < 1.29 is 0 Å². The first-order valence-corrected chi connectivity index (χ1v) is 8.27. The van der Waals surface area contributed by atoms with Gasteiger partial charge in [-0.1, -0.05) is 19.8 Å². The van der Waals surface area contributed by atoms with E-state index in [1.807, 2.05) is 6.20 Å². The third-order valence-corrected chi connectivity index (χ3v) is 5.02. The van der Waals surface area contributed by atoms with E-state index in [0.717, 1.165) is 35.2 Å². The highest BCUT2D eigenvalue weighted by Gasteiger charge is 2.29. The van der Waals surface area contributed by atoms with Gasteiger partial charge in [0.2, 0.25) is 0 Å². The number of halogens is 1. The van der Waals surface area contributed by atoms with Gasteiger partial charge in [0, 0.05) is 16.4 Å². The monoisotopic (exact) mass is 324 g/mol. The highest BCUT2D eigenvalue weighted by molar-refractivity contribution is 9.10. The second-order valence-corrected chi connectivity index (χ2v) is 6.75. The molecule has 1 heterocycles. The van der Waals surface area contributed by atoms with Crippen LogP contribution in [0.5, 0.6) is 0 Å². The number of pyridine rings is 1. The van der Waals surface area contributed by atoms with Gasteiger partial charge in [-0.05, 0) is 78.7 Å². The van der Waals surface area contributed by atoms with Crippen LogP contribution in [0.3, 0.4) is 0 Å². The van der Waals surface area contributed by atoms with E-state index < -0.39 is 0 Å². The maximum absolute atomic E-state index is 4.55. The molecule has 3 heteroatoms. The number of nitrogens with one attached hydrogen (secondary N) is 1. The second kappa shape index (κ2) is 7.39. The van der Waals surface area contributed by atoms with Crippen LogP contribution in [0.1, 0.15) is 38.3 Å². The Balaban J connectivity index is 2.02. The lowest BCUT2D eigenvalue weighted by molar-refractivity contribution is 0.172. The molecule has 1 aromatic heterocycles. The van der Waals surface area contributed by atoms with Gasteiger partial charge >= 0.3 is 0 Å². The summed E-state index contributed by atoms with van der Waals surface area (Å²) < 4.78 is 1.07. The Labute approximate surface area is 125 Å². The summed E-state index contributed by atoms with van der Waals surface area (Å²) in [5, 5.41) is 3.37. The lowest BCUT2D eigenvalue weighted by Gasteiger charge is -2.36. The Bertz CT molecular complexity index is 377. The minimum atomic E-state index is 0.792. The first kappa shape index (κ1) is 15.0. The van der Waals surface area contributed by atoms with Gasteiger partial charge in [0.15, 0.2) is 0 Å². The summed E-state index contributed by atoms with van der Waals surface area (Å²) in [5.41, 5.74) is 1.24. The van der Waals surface area contributed by atoms with Crippen molar-refractivity contribution in [1.29, 1.82) is 0 Å². The van der Waals surface area contributed by atoms with Crippen LogP contribution >= 0.6 is 15.9 Å². The number of hydrogen-bond donors (Lipinski definition) is 1. The van der Waals surface area contributed by atoms with Gasteiger partial charge < -0.3 is 5.32 Å². The molecule has 3 unspecified atom stereocenters. The summed E-state index contributed by atoms with van der Waals surface area (Å²) in [6, 6.07) is 4.27. The van der Waals surface area contributed by atoms with Crippen molar-refractivity contribution in [2.24, 2.45) is 17.8 Å². The minimum absolute atomic E-state index is 0.792. The summed E-state index contributed by atoms with van der Waals surface area (Å²) in [5.74, 6) is 2.53. The Kier molecular flexibility index (Phi) is 5.83. The number of aromatic nitrogens is 1. The normalized spacial score (nSPS) is 27.4. The fraction of sp³-hybridized carbons (Fsp3) is 0.688. The molecule has 0 saturated heterocycles. The van der Waals surface area contributed by atoms with Gasteiger partial charge in [0.25, 0.3) is 0 Å². The average Bonchev–Trinajstić information content (AvgIpc) is 2.43. The maximum atomic E-state index is 4.55. The summed E-state index contributed by atoms with van der Waals surface area (Å²) in [4.78, 5) is 4.55. The lowest BCUT2D eigenvalue weighted by Crippen LogP contribution is -2.33. The van der Waals surface area contributed by atoms with E-state index in [1.165, 1.54) is 31.4 Å². The van der Waals surface area contributed by atoms with Crippen LogP contribution in [0.15, 0.2) is 22.8 Å². The third kappa shape index (κ3) is 4.28. The van der Waals surface area contributed by atoms with Gasteiger partial charge in [-0.15, -0.1) is 0 Å². The summed E-state index contributed by atoms with van der Waals surface area (Å²) >= 11 is 3.46. The molecule has 0 amide bonds. The van der Waals surface area contributed by atoms with Gasteiger partial charge in [-0.25, -0.2) is 0 Å². The van der Waals surface area contributed by atoms with E-state index >= 15 is 0 Å². The van der Waals surface area contributed by atoms with Gasteiger partial charge in [-0.3, -0.25) is 4.98 Å². The molecule has 1 aliphatic carbocycles. The Morgan fingerprint density at radius 3 is 2.79 bits per heavy atom. The van der Waals surface area contributed by atoms with Crippen LogP contribution in [-0.4, -0.2) is 18.6 Å². The molecule has 1 N–H and O–H groups in total. The van der Waals surface area contributed by atoms with Crippen molar-refractivity contribution in [2.75, 3.05) is 13.6 Å². The molecule has 2 rings (SSSR count). The Hall–Kier alpha value is -0.410. The van der Waals surface area contributed by atoms with Crippen molar-refractivity contribution in [3.05, 3.63) is 28.5 Å². The molecule has 0 radical (unpaired) electrons. The fourth-order valence-corrected chi connectivity index (χ4v) is 3.61. The van der Waals surface area contributed by atoms with E-state index in [1.54, 1.807) is 0 Å². The molecule has 1 fully saturated rings. The predicted molar refractivity (Wildman–Crippen MR) is 84.2 cm³/mol. The van der Waals surface area contributed by atoms with E-state index in [0.29, 0.717) is 0 Å². The molecular formula is C16H25BrN2. The smallest absolute Gasteiger partial charge is 0.0413 e. The largest absolute Gasteiger partial charge is 0.319 e. The average molecular weight is 325 g/mol. The summed E-state index contributed by atoms with van der Waals surface area (Å²) in [6.07, 6.45) is 8.55.